The first-order valence-electron chi connectivity index (χ1n) is 9.02. The van der Waals surface area contributed by atoms with Crippen LogP contribution in [-0.4, -0.2) is 32.2 Å². The van der Waals surface area contributed by atoms with Gasteiger partial charge in [0, 0.05) is 22.5 Å². The van der Waals surface area contributed by atoms with Crippen molar-refractivity contribution in [3.8, 4) is 16.8 Å². The highest BCUT2D eigenvalue weighted by molar-refractivity contribution is 6.30. The van der Waals surface area contributed by atoms with Crippen LogP contribution in [-0.2, 0) is 0 Å². The fraction of sp³-hybridized carbons (Fsp3) is 0.300. The molecule has 3 aromatic rings. The molecule has 0 atom stereocenters. The van der Waals surface area contributed by atoms with Crippen molar-refractivity contribution in [2.24, 2.45) is 0 Å². The number of hydrogen-bond donors (Lipinski definition) is 1. The molecule has 1 amide bonds. The fourth-order valence-corrected chi connectivity index (χ4v) is 3.03. The molecule has 27 heavy (non-hydrogen) atoms. The molecule has 1 aromatic heterocycles. The molecule has 1 N–H and O–H groups in total. The fourth-order valence-electron chi connectivity index (χ4n) is 2.91. The van der Waals surface area contributed by atoms with Crippen molar-refractivity contribution in [3.63, 3.8) is 0 Å². The average Bonchev–Trinajstić information content (AvgIpc) is 3.32. The lowest BCUT2D eigenvalue weighted by Gasteiger charge is -2.12. The van der Waals surface area contributed by atoms with Crippen LogP contribution in [0.4, 0.5) is 0 Å². The minimum atomic E-state index is -0.0752. The predicted octanol–water partition coefficient (Wildman–Crippen LogP) is 4.00. The van der Waals surface area contributed by atoms with Crippen molar-refractivity contribution < 1.29 is 4.79 Å². The minimum Gasteiger partial charge on any atom is -0.349 e. The molecular weight excluding hydrogens is 362 g/mol. The SMILES string of the molecule is CC(C)c1nnnn1-c1cc(C(=O)NC2CC2)cc(-c2ccc(Cl)cc2)c1. The van der Waals surface area contributed by atoms with Crippen molar-refractivity contribution in [2.75, 3.05) is 0 Å². The van der Waals surface area contributed by atoms with Crippen LogP contribution in [0.25, 0.3) is 16.8 Å². The largest absolute Gasteiger partial charge is 0.349 e. The molecule has 4 rings (SSSR count). The number of tetrazole rings is 1. The third-order valence-corrected chi connectivity index (χ3v) is 4.78. The van der Waals surface area contributed by atoms with Gasteiger partial charge in [0.1, 0.15) is 0 Å². The number of nitrogens with zero attached hydrogens (tertiary/aromatic N) is 4. The second-order valence-electron chi connectivity index (χ2n) is 7.13. The molecule has 0 radical (unpaired) electrons. The van der Waals surface area contributed by atoms with E-state index in [2.05, 4.69) is 20.8 Å². The zero-order valence-corrected chi connectivity index (χ0v) is 15.9. The van der Waals surface area contributed by atoms with Crippen LogP contribution in [0.3, 0.4) is 0 Å². The summed E-state index contributed by atoms with van der Waals surface area (Å²) in [5, 5.41) is 15.8. The van der Waals surface area contributed by atoms with Crippen LogP contribution in [0.2, 0.25) is 5.02 Å². The zero-order chi connectivity index (χ0) is 19.0. The summed E-state index contributed by atoms with van der Waals surface area (Å²) in [5.41, 5.74) is 3.24. The maximum atomic E-state index is 12.7. The van der Waals surface area contributed by atoms with E-state index >= 15 is 0 Å². The first-order chi connectivity index (χ1) is 13.0. The van der Waals surface area contributed by atoms with E-state index in [9.17, 15) is 4.79 Å². The molecule has 6 nitrogen and oxygen atoms in total. The van der Waals surface area contributed by atoms with Gasteiger partial charge in [-0.25, -0.2) is 0 Å². The lowest BCUT2D eigenvalue weighted by molar-refractivity contribution is 0.0951. The van der Waals surface area contributed by atoms with Crippen molar-refractivity contribution >= 4 is 17.5 Å². The summed E-state index contributed by atoms with van der Waals surface area (Å²) in [4.78, 5) is 12.7. The molecule has 0 saturated heterocycles. The second-order valence-corrected chi connectivity index (χ2v) is 7.56. The lowest BCUT2D eigenvalue weighted by Crippen LogP contribution is -2.25. The van der Waals surface area contributed by atoms with Crippen LogP contribution in [0.15, 0.2) is 42.5 Å². The Morgan fingerprint density at radius 3 is 2.56 bits per heavy atom. The number of carbonyl (C=O) groups excluding carboxylic acids is 1. The summed E-state index contributed by atoms with van der Waals surface area (Å²) in [6.45, 7) is 4.07. The zero-order valence-electron chi connectivity index (χ0n) is 15.2. The Balaban J connectivity index is 1.81. The number of benzene rings is 2. The second kappa shape index (κ2) is 7.12. The molecule has 1 heterocycles. The smallest absolute Gasteiger partial charge is 0.251 e. The Hall–Kier alpha value is -2.73. The van der Waals surface area contributed by atoms with E-state index < -0.39 is 0 Å². The van der Waals surface area contributed by atoms with E-state index in [-0.39, 0.29) is 11.8 Å². The van der Waals surface area contributed by atoms with Crippen molar-refractivity contribution in [2.45, 2.75) is 38.6 Å². The van der Waals surface area contributed by atoms with Crippen molar-refractivity contribution in [1.29, 1.82) is 0 Å². The Kier molecular flexibility index (Phi) is 4.66. The van der Waals surface area contributed by atoms with Gasteiger partial charge in [0.15, 0.2) is 5.82 Å². The van der Waals surface area contributed by atoms with Crippen LogP contribution in [0.5, 0.6) is 0 Å². The van der Waals surface area contributed by atoms with E-state index in [1.165, 1.54) is 0 Å². The maximum absolute atomic E-state index is 12.7. The predicted molar refractivity (Wildman–Crippen MR) is 104 cm³/mol. The number of nitrogens with one attached hydrogen (secondary N) is 1. The Morgan fingerprint density at radius 2 is 1.89 bits per heavy atom. The minimum absolute atomic E-state index is 0.0752. The highest BCUT2D eigenvalue weighted by atomic mass is 35.5. The number of aromatic nitrogens is 4. The van der Waals surface area contributed by atoms with E-state index in [1.807, 2.05) is 56.3 Å². The number of carbonyl (C=O) groups is 1. The van der Waals surface area contributed by atoms with E-state index in [1.54, 1.807) is 4.68 Å². The molecule has 1 fully saturated rings. The van der Waals surface area contributed by atoms with Gasteiger partial charge in [0.05, 0.1) is 5.69 Å². The summed E-state index contributed by atoms with van der Waals surface area (Å²) in [5.74, 6) is 0.827. The molecule has 0 bridgehead atoms. The lowest BCUT2D eigenvalue weighted by atomic mass is 10.0. The van der Waals surface area contributed by atoms with Crippen LogP contribution in [0, 0.1) is 0 Å². The number of hydrogen-bond acceptors (Lipinski definition) is 4. The Morgan fingerprint density at radius 1 is 1.15 bits per heavy atom. The third-order valence-electron chi connectivity index (χ3n) is 4.52. The van der Waals surface area contributed by atoms with Gasteiger partial charge in [-0.3, -0.25) is 4.79 Å². The quantitative estimate of drug-likeness (QED) is 0.725. The average molecular weight is 382 g/mol. The molecule has 1 aliphatic carbocycles. The first-order valence-corrected chi connectivity index (χ1v) is 9.39. The highest BCUT2D eigenvalue weighted by Gasteiger charge is 2.24. The summed E-state index contributed by atoms with van der Waals surface area (Å²) in [6.07, 6.45) is 2.08. The maximum Gasteiger partial charge on any atom is 0.251 e. The first kappa shape index (κ1) is 17.7. The van der Waals surface area contributed by atoms with Gasteiger partial charge in [-0.05, 0) is 64.7 Å². The van der Waals surface area contributed by atoms with Gasteiger partial charge in [0.2, 0.25) is 0 Å². The van der Waals surface area contributed by atoms with Gasteiger partial charge in [-0.2, -0.15) is 4.68 Å². The van der Waals surface area contributed by atoms with Gasteiger partial charge < -0.3 is 5.32 Å². The Labute approximate surface area is 162 Å². The molecule has 1 saturated carbocycles. The Bertz CT molecular complexity index is 976. The molecule has 0 unspecified atom stereocenters. The van der Waals surface area contributed by atoms with Crippen molar-refractivity contribution in [1.82, 2.24) is 25.5 Å². The summed E-state index contributed by atoms with van der Waals surface area (Å²) in [7, 11) is 0. The van der Waals surface area contributed by atoms with E-state index in [0.717, 1.165) is 35.5 Å². The van der Waals surface area contributed by atoms with Gasteiger partial charge >= 0.3 is 0 Å². The molecule has 2 aromatic carbocycles. The highest BCUT2D eigenvalue weighted by Crippen LogP contribution is 2.27. The van der Waals surface area contributed by atoms with Crippen LogP contribution < -0.4 is 5.32 Å². The molecular formula is C20H20ClN5O. The summed E-state index contributed by atoms with van der Waals surface area (Å²) < 4.78 is 1.69. The number of rotatable bonds is 5. The molecule has 0 aliphatic heterocycles. The monoisotopic (exact) mass is 381 g/mol. The van der Waals surface area contributed by atoms with Crippen molar-refractivity contribution in [3.05, 3.63) is 58.9 Å². The van der Waals surface area contributed by atoms with E-state index in [4.69, 9.17) is 11.6 Å². The normalized spacial score (nSPS) is 13.8. The van der Waals surface area contributed by atoms with Gasteiger partial charge in [-0.15, -0.1) is 5.10 Å². The molecule has 138 valence electrons. The van der Waals surface area contributed by atoms with Gasteiger partial charge in [0.25, 0.3) is 5.91 Å². The van der Waals surface area contributed by atoms with Gasteiger partial charge in [-0.1, -0.05) is 37.6 Å². The van der Waals surface area contributed by atoms with Crippen LogP contribution in [0.1, 0.15) is 48.8 Å². The van der Waals surface area contributed by atoms with E-state index in [0.29, 0.717) is 16.6 Å². The summed E-state index contributed by atoms with van der Waals surface area (Å²) in [6, 6.07) is 13.6. The molecule has 1 aliphatic rings. The molecule has 0 spiro atoms. The third kappa shape index (κ3) is 3.85. The van der Waals surface area contributed by atoms with Crippen LogP contribution >= 0.6 is 11.6 Å². The topological polar surface area (TPSA) is 72.7 Å². The summed E-state index contributed by atoms with van der Waals surface area (Å²) >= 11 is 6.02. The number of amides is 1. The standard InChI is InChI=1S/C20H20ClN5O/c1-12(2)19-23-24-25-26(19)18-10-14(13-3-5-16(21)6-4-13)9-15(11-18)20(27)22-17-7-8-17/h3-6,9-12,17H,7-8H2,1-2H3,(H,22,27). The number of halogens is 1. The molecule has 7 heteroatoms.